The van der Waals surface area contributed by atoms with E-state index in [1.165, 1.54) is 11.4 Å². The predicted octanol–water partition coefficient (Wildman–Crippen LogP) is -0.670. The third kappa shape index (κ3) is 3.87. The number of piperazine rings is 1. The van der Waals surface area contributed by atoms with Crippen molar-refractivity contribution in [3.05, 3.63) is 23.9 Å². The normalized spacial score (nSPS) is 17.3. The van der Waals surface area contributed by atoms with Crippen LogP contribution in [0.5, 0.6) is 5.88 Å². The highest BCUT2D eigenvalue weighted by Gasteiger charge is 2.22. The van der Waals surface area contributed by atoms with E-state index in [-0.39, 0.29) is 6.54 Å². The zero-order valence-corrected chi connectivity index (χ0v) is 11.6. The van der Waals surface area contributed by atoms with Gasteiger partial charge in [0.25, 0.3) is 10.2 Å². The van der Waals surface area contributed by atoms with Crippen LogP contribution < -0.4 is 14.8 Å². The van der Waals surface area contributed by atoms with Crippen molar-refractivity contribution in [3.63, 3.8) is 0 Å². The second-order valence-corrected chi connectivity index (χ2v) is 5.94. The number of methoxy groups -OCH3 is 1. The summed E-state index contributed by atoms with van der Waals surface area (Å²) in [5, 5.41) is 3.12. The lowest BCUT2D eigenvalue weighted by atomic mass is 10.3. The summed E-state index contributed by atoms with van der Waals surface area (Å²) in [6.07, 6.45) is 1.60. The number of rotatable bonds is 5. The highest BCUT2D eigenvalue weighted by atomic mass is 32.2. The molecule has 1 fully saturated rings. The maximum Gasteiger partial charge on any atom is 0.279 e. The third-order valence-corrected chi connectivity index (χ3v) is 4.44. The summed E-state index contributed by atoms with van der Waals surface area (Å²) < 4.78 is 33.0. The minimum atomic E-state index is -3.41. The van der Waals surface area contributed by atoms with Gasteiger partial charge in [-0.25, -0.2) is 4.98 Å². The molecule has 1 aliphatic heterocycles. The Balaban J connectivity index is 1.92. The van der Waals surface area contributed by atoms with E-state index >= 15 is 0 Å². The number of nitrogens with zero attached hydrogens (tertiary/aromatic N) is 2. The first-order valence-electron chi connectivity index (χ1n) is 6.06. The average Bonchev–Trinajstić information content (AvgIpc) is 2.47. The standard InChI is InChI=1S/C11H18N4O3S/c1-18-11-3-2-10(8-13-11)9-14-19(16,17)15-6-4-12-5-7-15/h2-3,8,12,14H,4-7,9H2,1H3. The van der Waals surface area contributed by atoms with E-state index in [2.05, 4.69) is 15.0 Å². The minimum Gasteiger partial charge on any atom is -0.481 e. The monoisotopic (exact) mass is 286 g/mol. The molecule has 0 amide bonds. The van der Waals surface area contributed by atoms with Gasteiger partial charge in [0.1, 0.15) is 0 Å². The van der Waals surface area contributed by atoms with Crippen molar-refractivity contribution in [1.29, 1.82) is 0 Å². The molecule has 2 rings (SSSR count). The van der Waals surface area contributed by atoms with Gasteiger partial charge < -0.3 is 10.1 Å². The van der Waals surface area contributed by atoms with Crippen LogP contribution in [0.2, 0.25) is 0 Å². The van der Waals surface area contributed by atoms with Gasteiger partial charge in [0, 0.05) is 45.0 Å². The fraction of sp³-hybridized carbons (Fsp3) is 0.545. The number of nitrogens with one attached hydrogen (secondary N) is 2. The van der Waals surface area contributed by atoms with E-state index in [0.29, 0.717) is 32.1 Å². The van der Waals surface area contributed by atoms with Crippen LogP contribution in [0.4, 0.5) is 0 Å². The van der Waals surface area contributed by atoms with Crippen molar-refractivity contribution in [2.45, 2.75) is 6.54 Å². The van der Waals surface area contributed by atoms with Crippen molar-refractivity contribution in [3.8, 4) is 5.88 Å². The molecule has 0 unspecified atom stereocenters. The molecule has 0 aromatic carbocycles. The molecule has 19 heavy (non-hydrogen) atoms. The van der Waals surface area contributed by atoms with E-state index < -0.39 is 10.2 Å². The second kappa shape index (κ2) is 6.29. The van der Waals surface area contributed by atoms with Crippen LogP contribution in [0.25, 0.3) is 0 Å². The van der Waals surface area contributed by atoms with E-state index in [9.17, 15) is 8.42 Å². The van der Waals surface area contributed by atoms with Crippen LogP contribution in [0.1, 0.15) is 5.56 Å². The van der Waals surface area contributed by atoms with Crippen LogP contribution in [0.15, 0.2) is 18.3 Å². The Hall–Kier alpha value is -1.22. The summed E-state index contributed by atoms with van der Waals surface area (Å²) in [5.74, 6) is 0.508. The molecule has 0 aliphatic carbocycles. The quantitative estimate of drug-likeness (QED) is 0.750. The molecule has 0 atom stereocenters. The van der Waals surface area contributed by atoms with Gasteiger partial charge >= 0.3 is 0 Å². The van der Waals surface area contributed by atoms with Gasteiger partial charge in [-0.05, 0) is 5.56 Å². The molecule has 1 saturated heterocycles. The highest BCUT2D eigenvalue weighted by Crippen LogP contribution is 2.07. The molecule has 7 nitrogen and oxygen atoms in total. The Morgan fingerprint density at radius 3 is 2.74 bits per heavy atom. The van der Waals surface area contributed by atoms with Crippen LogP contribution in [-0.4, -0.2) is 51.0 Å². The largest absolute Gasteiger partial charge is 0.481 e. The molecule has 1 aromatic rings. The SMILES string of the molecule is COc1ccc(CNS(=O)(=O)N2CCNCC2)cn1. The summed E-state index contributed by atoms with van der Waals surface area (Å²) in [6, 6.07) is 3.49. The summed E-state index contributed by atoms with van der Waals surface area (Å²) in [5.41, 5.74) is 0.791. The van der Waals surface area contributed by atoms with Crippen molar-refractivity contribution in [1.82, 2.24) is 19.3 Å². The average molecular weight is 286 g/mol. The maximum atomic E-state index is 12.0. The Labute approximate surface area is 113 Å². The molecule has 2 N–H and O–H groups in total. The summed E-state index contributed by atoms with van der Waals surface area (Å²) >= 11 is 0. The van der Waals surface area contributed by atoms with E-state index in [0.717, 1.165) is 5.56 Å². The molecular formula is C11H18N4O3S. The minimum absolute atomic E-state index is 0.225. The summed E-state index contributed by atoms with van der Waals surface area (Å²) in [6.45, 7) is 2.59. The number of hydrogen-bond donors (Lipinski definition) is 2. The predicted molar refractivity (Wildman–Crippen MR) is 71.0 cm³/mol. The van der Waals surface area contributed by atoms with Gasteiger partial charge in [0.05, 0.1) is 7.11 Å². The van der Waals surface area contributed by atoms with Gasteiger partial charge in [-0.1, -0.05) is 6.07 Å². The molecule has 1 aromatic heterocycles. The number of pyridine rings is 1. The molecule has 0 saturated carbocycles. The first kappa shape index (κ1) is 14.2. The molecule has 1 aliphatic rings. The lowest BCUT2D eigenvalue weighted by Gasteiger charge is -2.26. The fourth-order valence-electron chi connectivity index (χ4n) is 1.79. The number of aromatic nitrogens is 1. The molecule has 106 valence electrons. The van der Waals surface area contributed by atoms with Gasteiger partial charge in [0.2, 0.25) is 5.88 Å². The van der Waals surface area contributed by atoms with Crippen molar-refractivity contribution >= 4 is 10.2 Å². The van der Waals surface area contributed by atoms with E-state index in [4.69, 9.17) is 4.74 Å². The third-order valence-electron chi connectivity index (χ3n) is 2.88. The van der Waals surface area contributed by atoms with Crippen LogP contribution >= 0.6 is 0 Å². The van der Waals surface area contributed by atoms with E-state index in [1.54, 1.807) is 18.3 Å². The van der Waals surface area contributed by atoms with Gasteiger partial charge in [0.15, 0.2) is 0 Å². The van der Waals surface area contributed by atoms with Crippen LogP contribution in [-0.2, 0) is 16.8 Å². The fourth-order valence-corrected chi connectivity index (χ4v) is 2.98. The second-order valence-electron chi connectivity index (χ2n) is 4.18. The molecule has 0 bridgehead atoms. The van der Waals surface area contributed by atoms with Crippen molar-refractivity contribution in [2.24, 2.45) is 0 Å². The zero-order chi connectivity index (χ0) is 13.7. The molecular weight excluding hydrogens is 268 g/mol. The van der Waals surface area contributed by atoms with E-state index in [1.807, 2.05) is 0 Å². The van der Waals surface area contributed by atoms with Crippen molar-refractivity contribution in [2.75, 3.05) is 33.3 Å². The number of ether oxygens (including phenoxy) is 1. The Morgan fingerprint density at radius 2 is 2.16 bits per heavy atom. The summed E-state index contributed by atoms with van der Waals surface area (Å²) in [4.78, 5) is 4.03. The zero-order valence-electron chi connectivity index (χ0n) is 10.8. The Kier molecular flexibility index (Phi) is 4.70. The van der Waals surface area contributed by atoms with Gasteiger partial charge in [-0.3, -0.25) is 0 Å². The van der Waals surface area contributed by atoms with Crippen LogP contribution in [0.3, 0.4) is 0 Å². The smallest absolute Gasteiger partial charge is 0.279 e. The van der Waals surface area contributed by atoms with Gasteiger partial charge in [-0.2, -0.15) is 17.4 Å². The van der Waals surface area contributed by atoms with Gasteiger partial charge in [-0.15, -0.1) is 0 Å². The maximum absolute atomic E-state index is 12.0. The summed E-state index contributed by atoms with van der Waals surface area (Å²) in [7, 11) is -1.88. The molecule has 2 heterocycles. The number of hydrogen-bond acceptors (Lipinski definition) is 5. The Bertz CT molecular complexity index is 497. The first-order chi connectivity index (χ1) is 9.12. The molecule has 8 heteroatoms. The lowest BCUT2D eigenvalue weighted by Crippen LogP contribution is -2.50. The lowest BCUT2D eigenvalue weighted by molar-refractivity contribution is 0.354. The highest BCUT2D eigenvalue weighted by molar-refractivity contribution is 7.87. The first-order valence-corrected chi connectivity index (χ1v) is 7.50. The topological polar surface area (TPSA) is 83.6 Å². The molecule has 0 radical (unpaired) electrons. The Morgan fingerprint density at radius 1 is 1.42 bits per heavy atom. The van der Waals surface area contributed by atoms with Crippen molar-refractivity contribution < 1.29 is 13.2 Å². The van der Waals surface area contributed by atoms with Crippen LogP contribution in [0, 0.1) is 0 Å². The molecule has 0 spiro atoms.